The highest BCUT2D eigenvalue weighted by atomic mass is 19.1. The molecule has 6 nitrogen and oxygen atoms in total. The molecule has 1 aliphatic heterocycles. The SMILES string of the molecule is COc1cc(F)cc(CC2(C(=O)N[C@H]3CCN(C(=O)OC(C)(C)C)C[C@@H]3F)CC2)c1. The van der Waals surface area contributed by atoms with E-state index in [-0.39, 0.29) is 12.5 Å². The lowest BCUT2D eigenvalue weighted by Gasteiger charge is -2.36. The van der Waals surface area contributed by atoms with Crippen LogP contribution in [0.15, 0.2) is 18.2 Å². The van der Waals surface area contributed by atoms with E-state index in [9.17, 15) is 18.4 Å². The zero-order valence-corrected chi connectivity index (χ0v) is 18.0. The second-order valence-electron chi connectivity index (χ2n) is 9.27. The van der Waals surface area contributed by atoms with Crippen molar-refractivity contribution in [2.75, 3.05) is 20.2 Å². The molecule has 1 aromatic rings. The van der Waals surface area contributed by atoms with Crippen LogP contribution < -0.4 is 10.1 Å². The van der Waals surface area contributed by atoms with Gasteiger partial charge in [-0.2, -0.15) is 0 Å². The summed E-state index contributed by atoms with van der Waals surface area (Å²) in [5.74, 6) is -0.234. The lowest BCUT2D eigenvalue weighted by atomic mass is 9.94. The van der Waals surface area contributed by atoms with Gasteiger partial charge in [0, 0.05) is 12.6 Å². The Hall–Kier alpha value is -2.38. The van der Waals surface area contributed by atoms with Crippen LogP contribution in [0.3, 0.4) is 0 Å². The van der Waals surface area contributed by atoms with Gasteiger partial charge in [-0.15, -0.1) is 0 Å². The minimum atomic E-state index is -1.37. The first kappa shape index (κ1) is 22.3. The molecule has 166 valence electrons. The topological polar surface area (TPSA) is 67.9 Å². The summed E-state index contributed by atoms with van der Waals surface area (Å²) in [6.45, 7) is 5.47. The van der Waals surface area contributed by atoms with E-state index in [1.807, 2.05) is 0 Å². The number of carbonyl (C=O) groups excluding carboxylic acids is 2. The van der Waals surface area contributed by atoms with Crippen LogP contribution in [-0.2, 0) is 16.0 Å². The van der Waals surface area contributed by atoms with E-state index in [1.54, 1.807) is 26.8 Å². The zero-order valence-electron chi connectivity index (χ0n) is 18.0. The fourth-order valence-electron chi connectivity index (χ4n) is 3.75. The van der Waals surface area contributed by atoms with Gasteiger partial charge in [0.05, 0.1) is 25.1 Å². The summed E-state index contributed by atoms with van der Waals surface area (Å²) in [5.41, 5.74) is -0.608. The van der Waals surface area contributed by atoms with Gasteiger partial charge in [-0.05, 0) is 64.2 Å². The minimum absolute atomic E-state index is 0.117. The van der Waals surface area contributed by atoms with Crippen molar-refractivity contribution in [1.82, 2.24) is 10.2 Å². The maximum atomic E-state index is 14.7. The van der Waals surface area contributed by atoms with Crippen LogP contribution >= 0.6 is 0 Å². The second-order valence-corrected chi connectivity index (χ2v) is 9.27. The Balaban J connectivity index is 1.57. The van der Waals surface area contributed by atoms with Crippen molar-refractivity contribution in [3.63, 3.8) is 0 Å². The lowest BCUT2D eigenvalue weighted by molar-refractivity contribution is -0.128. The molecular formula is C22H30F2N2O4. The Bertz CT molecular complexity index is 805. The minimum Gasteiger partial charge on any atom is -0.497 e. The summed E-state index contributed by atoms with van der Waals surface area (Å²) in [6.07, 6.45) is 0.113. The fraction of sp³-hybridized carbons (Fsp3) is 0.636. The molecule has 0 bridgehead atoms. The first-order valence-electron chi connectivity index (χ1n) is 10.3. The van der Waals surface area contributed by atoms with Crippen molar-refractivity contribution in [2.24, 2.45) is 5.41 Å². The average Bonchev–Trinajstić information content (AvgIpc) is 3.42. The Morgan fingerprint density at radius 1 is 1.27 bits per heavy atom. The predicted molar refractivity (Wildman–Crippen MR) is 108 cm³/mol. The highest BCUT2D eigenvalue weighted by Gasteiger charge is 2.50. The van der Waals surface area contributed by atoms with E-state index < -0.39 is 35.1 Å². The van der Waals surface area contributed by atoms with Gasteiger partial charge in [0.1, 0.15) is 23.3 Å². The number of benzene rings is 1. The number of hydrogen-bond acceptors (Lipinski definition) is 4. The van der Waals surface area contributed by atoms with Crippen LogP contribution in [0.4, 0.5) is 13.6 Å². The Labute approximate surface area is 175 Å². The number of carbonyl (C=O) groups is 2. The smallest absolute Gasteiger partial charge is 0.410 e. The number of nitrogens with zero attached hydrogens (tertiary/aromatic N) is 1. The summed E-state index contributed by atoms with van der Waals surface area (Å²) in [7, 11) is 1.46. The molecule has 1 N–H and O–H groups in total. The van der Waals surface area contributed by atoms with Crippen LogP contribution in [0.1, 0.15) is 45.6 Å². The molecule has 1 saturated heterocycles. The van der Waals surface area contributed by atoms with Crippen molar-refractivity contribution < 1.29 is 27.8 Å². The Kier molecular flexibility index (Phi) is 6.24. The summed E-state index contributed by atoms with van der Waals surface area (Å²) < 4.78 is 38.9. The highest BCUT2D eigenvalue weighted by molar-refractivity contribution is 5.86. The maximum Gasteiger partial charge on any atom is 0.410 e. The molecule has 3 rings (SSSR count). The summed E-state index contributed by atoms with van der Waals surface area (Å²) in [4.78, 5) is 26.4. The number of rotatable bonds is 5. The molecule has 1 heterocycles. The summed E-state index contributed by atoms with van der Waals surface area (Å²) in [5, 5.41) is 2.82. The van der Waals surface area contributed by atoms with E-state index in [0.29, 0.717) is 43.5 Å². The molecule has 0 spiro atoms. The molecule has 1 aliphatic carbocycles. The first-order chi connectivity index (χ1) is 14.0. The van der Waals surface area contributed by atoms with E-state index in [4.69, 9.17) is 9.47 Å². The molecule has 0 unspecified atom stereocenters. The van der Waals surface area contributed by atoms with Crippen LogP contribution in [0, 0.1) is 11.2 Å². The van der Waals surface area contributed by atoms with Crippen molar-refractivity contribution in [3.05, 3.63) is 29.6 Å². The summed E-state index contributed by atoms with van der Waals surface area (Å²) in [6, 6.07) is 3.74. The van der Waals surface area contributed by atoms with Gasteiger partial charge in [-0.25, -0.2) is 13.6 Å². The third kappa shape index (κ3) is 5.40. The van der Waals surface area contributed by atoms with Gasteiger partial charge in [0.2, 0.25) is 5.91 Å². The molecule has 0 aromatic heterocycles. The molecule has 1 saturated carbocycles. The van der Waals surface area contributed by atoms with E-state index >= 15 is 0 Å². The first-order valence-corrected chi connectivity index (χ1v) is 10.3. The standard InChI is InChI=1S/C22H30F2N2O4/c1-21(2,3)30-20(28)26-8-5-18(17(24)13-26)25-19(27)22(6-7-22)12-14-9-15(23)11-16(10-14)29-4/h9-11,17-18H,5-8,12-13H2,1-4H3,(H,25,27)/t17-,18-/m0/s1. The van der Waals surface area contributed by atoms with Gasteiger partial charge in [-0.1, -0.05) is 0 Å². The number of alkyl halides is 1. The van der Waals surface area contributed by atoms with Crippen molar-refractivity contribution in [1.29, 1.82) is 0 Å². The second kappa shape index (κ2) is 8.40. The number of halogens is 2. The third-order valence-electron chi connectivity index (χ3n) is 5.55. The lowest BCUT2D eigenvalue weighted by Crippen LogP contribution is -2.55. The van der Waals surface area contributed by atoms with E-state index in [0.717, 1.165) is 0 Å². The van der Waals surface area contributed by atoms with Crippen LogP contribution in [0.25, 0.3) is 0 Å². The summed E-state index contributed by atoms with van der Waals surface area (Å²) >= 11 is 0. The number of ether oxygens (including phenoxy) is 2. The number of amides is 2. The van der Waals surface area contributed by atoms with Gasteiger partial charge in [0.15, 0.2) is 0 Å². The van der Waals surface area contributed by atoms with Crippen LogP contribution in [0.5, 0.6) is 5.75 Å². The quantitative estimate of drug-likeness (QED) is 0.784. The monoisotopic (exact) mass is 424 g/mol. The molecule has 8 heteroatoms. The number of methoxy groups -OCH3 is 1. The molecule has 30 heavy (non-hydrogen) atoms. The van der Waals surface area contributed by atoms with Gasteiger partial charge in [0.25, 0.3) is 0 Å². The number of piperidine rings is 1. The average molecular weight is 424 g/mol. The highest BCUT2D eigenvalue weighted by Crippen LogP contribution is 2.49. The van der Waals surface area contributed by atoms with E-state index in [2.05, 4.69) is 5.32 Å². The number of likely N-dealkylation sites (tertiary alicyclic amines) is 1. The molecule has 1 aromatic carbocycles. The van der Waals surface area contributed by atoms with Crippen LogP contribution in [-0.4, -0.2) is 54.9 Å². The molecule has 2 fully saturated rings. The Morgan fingerprint density at radius 2 is 1.97 bits per heavy atom. The molecule has 2 aliphatic rings. The molecule has 2 amide bonds. The number of hydrogen-bond donors (Lipinski definition) is 1. The molecule has 2 atom stereocenters. The van der Waals surface area contributed by atoms with E-state index in [1.165, 1.54) is 24.1 Å². The molecule has 0 radical (unpaired) electrons. The predicted octanol–water partition coefficient (Wildman–Crippen LogP) is 3.62. The molecular weight excluding hydrogens is 394 g/mol. The van der Waals surface area contributed by atoms with Crippen molar-refractivity contribution in [3.8, 4) is 5.75 Å². The van der Waals surface area contributed by atoms with Gasteiger partial charge in [-0.3, -0.25) is 4.79 Å². The van der Waals surface area contributed by atoms with Crippen molar-refractivity contribution in [2.45, 2.75) is 64.3 Å². The maximum absolute atomic E-state index is 14.7. The third-order valence-corrected chi connectivity index (χ3v) is 5.55. The zero-order chi connectivity index (χ0) is 22.1. The number of nitrogens with one attached hydrogen (secondary N) is 1. The normalized spacial score (nSPS) is 22.9. The van der Waals surface area contributed by atoms with Gasteiger partial charge >= 0.3 is 6.09 Å². The Morgan fingerprint density at radius 3 is 2.53 bits per heavy atom. The van der Waals surface area contributed by atoms with Gasteiger partial charge < -0.3 is 19.7 Å². The van der Waals surface area contributed by atoms with Crippen LogP contribution in [0.2, 0.25) is 0 Å². The largest absolute Gasteiger partial charge is 0.497 e. The van der Waals surface area contributed by atoms with Crippen molar-refractivity contribution >= 4 is 12.0 Å². The fourth-order valence-corrected chi connectivity index (χ4v) is 3.75.